The van der Waals surface area contributed by atoms with Crippen molar-refractivity contribution in [2.24, 2.45) is 0 Å². The number of benzene rings is 1. The van der Waals surface area contributed by atoms with Gasteiger partial charge in [-0.15, -0.1) is 0 Å². The molecule has 5 heteroatoms. The molecule has 1 atom stereocenters. The lowest BCUT2D eigenvalue weighted by molar-refractivity contribution is -0.123. The molecule has 18 heavy (non-hydrogen) atoms. The highest BCUT2D eigenvalue weighted by Crippen LogP contribution is 2.28. The summed E-state index contributed by atoms with van der Waals surface area (Å²) >= 11 is 5.85. The summed E-state index contributed by atoms with van der Waals surface area (Å²) in [6.45, 7) is 1.58. The van der Waals surface area contributed by atoms with E-state index in [1.54, 1.807) is 25.1 Å². The maximum absolute atomic E-state index is 11.5. The second-order valence-electron chi connectivity index (χ2n) is 4.49. The summed E-state index contributed by atoms with van der Waals surface area (Å²) in [7, 11) is 0. The summed E-state index contributed by atoms with van der Waals surface area (Å²) in [4.78, 5) is 11.5. The van der Waals surface area contributed by atoms with Gasteiger partial charge in [-0.2, -0.15) is 0 Å². The van der Waals surface area contributed by atoms with Crippen molar-refractivity contribution >= 4 is 17.5 Å². The first-order valence-electron chi connectivity index (χ1n) is 5.96. The number of aliphatic hydroxyl groups is 1. The predicted octanol–water partition coefficient (Wildman–Crippen LogP) is 2.05. The molecule has 0 unspecified atom stereocenters. The first-order chi connectivity index (χ1) is 8.56. The Hall–Kier alpha value is -1.26. The van der Waals surface area contributed by atoms with Gasteiger partial charge in [0.25, 0.3) is 5.91 Å². The van der Waals surface area contributed by atoms with Gasteiger partial charge in [0.05, 0.1) is 6.10 Å². The van der Waals surface area contributed by atoms with Crippen LogP contribution in [-0.2, 0) is 4.79 Å². The van der Waals surface area contributed by atoms with Crippen molar-refractivity contribution in [3.05, 3.63) is 28.8 Å². The SMILES string of the molecule is C[C@@H](O)c1cc(Cl)ccc1OCC(=O)NC1CC1. The third-order valence-corrected chi connectivity index (χ3v) is 2.96. The molecule has 0 radical (unpaired) electrons. The van der Waals surface area contributed by atoms with Crippen LogP contribution in [0.15, 0.2) is 18.2 Å². The zero-order chi connectivity index (χ0) is 13.1. The molecule has 98 valence electrons. The van der Waals surface area contributed by atoms with Crippen LogP contribution in [0.1, 0.15) is 31.4 Å². The van der Waals surface area contributed by atoms with E-state index < -0.39 is 6.10 Å². The third-order valence-electron chi connectivity index (χ3n) is 2.72. The summed E-state index contributed by atoms with van der Waals surface area (Å²) in [5, 5.41) is 13.0. The van der Waals surface area contributed by atoms with Gasteiger partial charge in [-0.1, -0.05) is 11.6 Å². The molecule has 1 aromatic carbocycles. The van der Waals surface area contributed by atoms with Gasteiger partial charge in [-0.3, -0.25) is 4.79 Å². The smallest absolute Gasteiger partial charge is 0.258 e. The maximum atomic E-state index is 11.5. The molecule has 1 aromatic rings. The molecule has 0 aromatic heterocycles. The molecule has 1 aliphatic rings. The molecule has 0 spiro atoms. The van der Waals surface area contributed by atoms with Crippen molar-refractivity contribution in [1.29, 1.82) is 0 Å². The summed E-state index contributed by atoms with van der Waals surface area (Å²) in [5.74, 6) is 0.351. The Morgan fingerprint density at radius 1 is 1.61 bits per heavy atom. The second-order valence-corrected chi connectivity index (χ2v) is 4.93. The van der Waals surface area contributed by atoms with E-state index in [-0.39, 0.29) is 12.5 Å². The third kappa shape index (κ3) is 3.62. The predicted molar refractivity (Wildman–Crippen MR) is 68.7 cm³/mol. The van der Waals surface area contributed by atoms with Crippen LogP contribution < -0.4 is 10.1 Å². The second kappa shape index (κ2) is 5.59. The van der Waals surface area contributed by atoms with Crippen LogP contribution in [0.3, 0.4) is 0 Å². The normalized spacial score (nSPS) is 16.2. The molecular formula is C13H16ClNO3. The Kier molecular flexibility index (Phi) is 4.09. The molecule has 1 fully saturated rings. The molecule has 0 bridgehead atoms. The molecule has 1 aliphatic carbocycles. The van der Waals surface area contributed by atoms with Crippen molar-refractivity contribution in [2.45, 2.75) is 31.9 Å². The lowest BCUT2D eigenvalue weighted by Crippen LogP contribution is -2.30. The average Bonchev–Trinajstić information content (AvgIpc) is 3.11. The van der Waals surface area contributed by atoms with Crippen LogP contribution >= 0.6 is 11.6 Å². The fourth-order valence-corrected chi connectivity index (χ4v) is 1.80. The summed E-state index contributed by atoms with van der Waals surface area (Å²) < 4.78 is 5.41. The van der Waals surface area contributed by atoms with E-state index in [4.69, 9.17) is 16.3 Å². The van der Waals surface area contributed by atoms with Crippen LogP contribution in [-0.4, -0.2) is 23.7 Å². The van der Waals surface area contributed by atoms with Gasteiger partial charge in [0.2, 0.25) is 0 Å². The standard InChI is InChI=1S/C13H16ClNO3/c1-8(16)11-6-9(14)2-5-12(11)18-7-13(17)15-10-3-4-10/h2,5-6,8,10,16H,3-4,7H2,1H3,(H,15,17)/t8-/m1/s1. The van der Waals surface area contributed by atoms with E-state index in [1.807, 2.05) is 0 Å². The molecule has 0 aliphatic heterocycles. The van der Waals surface area contributed by atoms with E-state index in [1.165, 1.54) is 0 Å². The average molecular weight is 270 g/mol. The summed E-state index contributed by atoms with van der Waals surface area (Å²) in [5.41, 5.74) is 0.585. The zero-order valence-electron chi connectivity index (χ0n) is 10.1. The van der Waals surface area contributed by atoms with Gasteiger partial charge in [0, 0.05) is 16.6 Å². The lowest BCUT2D eigenvalue weighted by Gasteiger charge is -2.13. The van der Waals surface area contributed by atoms with Gasteiger partial charge >= 0.3 is 0 Å². The number of ether oxygens (including phenoxy) is 1. The number of hydrogen-bond donors (Lipinski definition) is 2. The highest BCUT2D eigenvalue weighted by atomic mass is 35.5. The van der Waals surface area contributed by atoms with Crippen molar-refractivity contribution in [3.8, 4) is 5.75 Å². The van der Waals surface area contributed by atoms with Crippen LogP contribution in [0.2, 0.25) is 5.02 Å². The largest absolute Gasteiger partial charge is 0.483 e. The summed E-state index contributed by atoms with van der Waals surface area (Å²) in [6, 6.07) is 5.29. The number of carbonyl (C=O) groups is 1. The van der Waals surface area contributed by atoms with Crippen molar-refractivity contribution < 1.29 is 14.6 Å². The number of halogens is 1. The fourth-order valence-electron chi connectivity index (χ4n) is 1.62. The number of hydrogen-bond acceptors (Lipinski definition) is 3. The zero-order valence-corrected chi connectivity index (χ0v) is 10.9. The minimum atomic E-state index is -0.690. The molecule has 1 saturated carbocycles. The van der Waals surface area contributed by atoms with Gasteiger partial charge in [0.15, 0.2) is 6.61 Å². The fraction of sp³-hybridized carbons (Fsp3) is 0.462. The van der Waals surface area contributed by atoms with E-state index >= 15 is 0 Å². The molecule has 2 N–H and O–H groups in total. The van der Waals surface area contributed by atoms with Crippen LogP contribution in [0.25, 0.3) is 0 Å². The van der Waals surface area contributed by atoms with Crippen molar-refractivity contribution in [3.63, 3.8) is 0 Å². The van der Waals surface area contributed by atoms with Crippen molar-refractivity contribution in [2.75, 3.05) is 6.61 Å². The Morgan fingerprint density at radius 3 is 2.94 bits per heavy atom. The van der Waals surface area contributed by atoms with E-state index in [0.717, 1.165) is 12.8 Å². The minimum absolute atomic E-state index is 0.0438. The Bertz CT molecular complexity index is 444. The number of amides is 1. The first-order valence-corrected chi connectivity index (χ1v) is 6.33. The van der Waals surface area contributed by atoms with Crippen molar-refractivity contribution in [1.82, 2.24) is 5.32 Å². The van der Waals surface area contributed by atoms with Gasteiger partial charge < -0.3 is 15.2 Å². The van der Waals surface area contributed by atoms with Crippen LogP contribution in [0.5, 0.6) is 5.75 Å². The number of aliphatic hydroxyl groups excluding tert-OH is 1. The number of rotatable bonds is 5. The number of carbonyl (C=O) groups excluding carboxylic acids is 1. The lowest BCUT2D eigenvalue weighted by atomic mass is 10.1. The van der Waals surface area contributed by atoms with Crippen LogP contribution in [0, 0.1) is 0 Å². The molecule has 1 amide bonds. The first kappa shape index (κ1) is 13.2. The van der Waals surface area contributed by atoms with E-state index in [9.17, 15) is 9.90 Å². The molecule has 2 rings (SSSR count). The molecule has 4 nitrogen and oxygen atoms in total. The topological polar surface area (TPSA) is 58.6 Å². The Labute approximate surface area is 111 Å². The Balaban J connectivity index is 1.96. The maximum Gasteiger partial charge on any atom is 0.258 e. The molecular weight excluding hydrogens is 254 g/mol. The van der Waals surface area contributed by atoms with Gasteiger partial charge in [-0.25, -0.2) is 0 Å². The monoisotopic (exact) mass is 269 g/mol. The van der Waals surface area contributed by atoms with E-state index in [0.29, 0.717) is 22.4 Å². The molecule has 0 saturated heterocycles. The van der Waals surface area contributed by atoms with Gasteiger partial charge in [-0.05, 0) is 38.0 Å². The minimum Gasteiger partial charge on any atom is -0.483 e. The molecule has 0 heterocycles. The Morgan fingerprint density at radius 2 is 2.33 bits per heavy atom. The summed E-state index contributed by atoms with van der Waals surface area (Å²) in [6.07, 6.45) is 1.40. The highest BCUT2D eigenvalue weighted by Gasteiger charge is 2.23. The van der Waals surface area contributed by atoms with Crippen LogP contribution in [0.4, 0.5) is 0 Å². The quantitative estimate of drug-likeness (QED) is 0.860. The number of nitrogens with one attached hydrogen (secondary N) is 1. The van der Waals surface area contributed by atoms with Gasteiger partial charge in [0.1, 0.15) is 5.75 Å². The van der Waals surface area contributed by atoms with E-state index in [2.05, 4.69) is 5.32 Å². The highest BCUT2D eigenvalue weighted by molar-refractivity contribution is 6.30.